The second-order valence-electron chi connectivity index (χ2n) is 5.50. The fourth-order valence-corrected chi connectivity index (χ4v) is 2.82. The van der Waals surface area contributed by atoms with Gasteiger partial charge in [-0.25, -0.2) is 0 Å². The number of hydrogen-bond donors (Lipinski definition) is 2. The minimum Gasteiger partial charge on any atom is -0.334 e. The number of nitro groups is 2. The maximum Gasteiger partial charge on any atom is 0.318 e. The Kier molecular flexibility index (Phi) is 5.85. The topological polar surface area (TPSA) is 123 Å². The van der Waals surface area contributed by atoms with E-state index in [0.29, 0.717) is 11.4 Å². The Hall–Kier alpha value is -3.05. The third-order valence-corrected chi connectivity index (χ3v) is 4.65. The summed E-state index contributed by atoms with van der Waals surface area (Å²) in [7, 11) is 0. The number of anilines is 4. The maximum atomic E-state index is 11.4. The van der Waals surface area contributed by atoms with Crippen molar-refractivity contribution in [1.29, 1.82) is 0 Å². The molecule has 0 atom stereocenters. The molecule has 0 spiro atoms. The average molecular weight is 509 g/mol. The van der Waals surface area contributed by atoms with Gasteiger partial charge in [-0.05, 0) is 48.5 Å². The van der Waals surface area contributed by atoms with Crippen molar-refractivity contribution in [1.82, 2.24) is 4.98 Å². The molecule has 11 heteroatoms. The van der Waals surface area contributed by atoms with Crippen LogP contribution >= 0.6 is 31.9 Å². The van der Waals surface area contributed by atoms with Crippen molar-refractivity contribution >= 4 is 66.2 Å². The third kappa shape index (κ3) is 4.61. The van der Waals surface area contributed by atoms with Crippen LogP contribution in [0, 0.1) is 20.2 Å². The lowest BCUT2D eigenvalue weighted by atomic mass is 10.2. The van der Waals surface area contributed by atoms with E-state index in [1.807, 2.05) is 0 Å². The van der Waals surface area contributed by atoms with Crippen LogP contribution in [0.15, 0.2) is 63.5 Å². The third-order valence-electron chi connectivity index (χ3n) is 3.59. The molecule has 28 heavy (non-hydrogen) atoms. The zero-order valence-corrected chi connectivity index (χ0v) is 17.1. The smallest absolute Gasteiger partial charge is 0.318 e. The molecule has 0 saturated carbocycles. The van der Waals surface area contributed by atoms with Crippen LogP contribution in [0.5, 0.6) is 0 Å². The summed E-state index contributed by atoms with van der Waals surface area (Å²) in [5, 5.41) is 28.5. The molecule has 0 saturated heterocycles. The van der Waals surface area contributed by atoms with E-state index in [-0.39, 0.29) is 11.6 Å². The van der Waals surface area contributed by atoms with Gasteiger partial charge in [0.05, 0.1) is 9.85 Å². The number of nitrogens with one attached hydrogen (secondary N) is 2. The number of rotatable bonds is 6. The van der Waals surface area contributed by atoms with Gasteiger partial charge >= 0.3 is 11.4 Å². The Morgan fingerprint density at radius 1 is 0.714 bits per heavy atom. The van der Waals surface area contributed by atoms with E-state index >= 15 is 0 Å². The second kappa shape index (κ2) is 8.31. The molecule has 0 aliphatic carbocycles. The highest BCUT2D eigenvalue weighted by molar-refractivity contribution is 9.10. The first-order valence-electron chi connectivity index (χ1n) is 7.72. The summed E-state index contributed by atoms with van der Waals surface area (Å²) >= 11 is 6.62. The van der Waals surface area contributed by atoms with Gasteiger partial charge in [-0.15, -0.1) is 0 Å². The summed E-state index contributed by atoms with van der Waals surface area (Å²) < 4.78 is 1.67. The molecule has 0 unspecified atom stereocenters. The van der Waals surface area contributed by atoms with Crippen LogP contribution in [0.2, 0.25) is 0 Å². The number of aromatic nitrogens is 1. The van der Waals surface area contributed by atoms with E-state index in [4.69, 9.17) is 0 Å². The van der Waals surface area contributed by atoms with Crippen molar-refractivity contribution < 1.29 is 9.85 Å². The standard InChI is InChI=1S/C17H11Br2N5O4/c18-10-1-5-12(6-2-10)20-16-14(23(25)26)9-15(24(27)28)17(22-16)21-13-7-3-11(19)4-8-13/h1-9H,(H2,20,21,22). The number of halogens is 2. The molecule has 0 fully saturated rings. The lowest BCUT2D eigenvalue weighted by Crippen LogP contribution is -2.06. The summed E-state index contributed by atoms with van der Waals surface area (Å²) in [4.78, 5) is 25.5. The molecule has 1 aromatic heterocycles. The number of nitrogens with zero attached hydrogens (tertiary/aromatic N) is 3. The highest BCUT2D eigenvalue weighted by Crippen LogP contribution is 2.36. The Balaban J connectivity index is 2.06. The fraction of sp³-hybridized carbons (Fsp3) is 0. The Morgan fingerprint density at radius 3 is 1.39 bits per heavy atom. The zero-order chi connectivity index (χ0) is 20.3. The molecule has 0 radical (unpaired) electrons. The summed E-state index contributed by atoms with van der Waals surface area (Å²) in [5.41, 5.74) is 0.0800. The molecule has 1 heterocycles. The molecule has 2 aromatic carbocycles. The van der Waals surface area contributed by atoms with Crippen LogP contribution in [0.4, 0.5) is 34.4 Å². The van der Waals surface area contributed by atoms with Gasteiger partial charge in [-0.2, -0.15) is 4.98 Å². The van der Waals surface area contributed by atoms with Crippen molar-refractivity contribution in [2.75, 3.05) is 10.6 Å². The molecule has 9 nitrogen and oxygen atoms in total. The van der Waals surface area contributed by atoms with Crippen LogP contribution in [0.25, 0.3) is 0 Å². The summed E-state index contributed by atoms with van der Waals surface area (Å²) in [6.45, 7) is 0. The molecule has 0 amide bonds. The van der Waals surface area contributed by atoms with E-state index in [1.165, 1.54) is 0 Å². The van der Waals surface area contributed by atoms with Gasteiger partial charge in [0.1, 0.15) is 6.07 Å². The molecule has 0 aliphatic heterocycles. The van der Waals surface area contributed by atoms with Gasteiger partial charge in [-0.3, -0.25) is 20.2 Å². The summed E-state index contributed by atoms with van der Waals surface area (Å²) in [6, 6.07) is 14.7. The number of pyridine rings is 1. The predicted octanol–water partition coefficient (Wildman–Crippen LogP) is 5.91. The van der Waals surface area contributed by atoms with Crippen molar-refractivity contribution in [2.24, 2.45) is 0 Å². The highest BCUT2D eigenvalue weighted by atomic mass is 79.9. The fourth-order valence-electron chi connectivity index (χ4n) is 2.29. The lowest BCUT2D eigenvalue weighted by molar-refractivity contribution is -0.393. The summed E-state index contributed by atoms with van der Waals surface area (Å²) in [5.74, 6) is -0.227. The minimum absolute atomic E-state index is 0.113. The van der Waals surface area contributed by atoms with Gasteiger partial charge in [0.2, 0.25) is 11.6 Å². The Bertz CT molecular complexity index is 962. The molecule has 3 aromatic rings. The maximum absolute atomic E-state index is 11.4. The molecule has 3 rings (SSSR count). The van der Waals surface area contributed by atoms with Gasteiger partial charge in [0.25, 0.3) is 0 Å². The monoisotopic (exact) mass is 507 g/mol. The molecular weight excluding hydrogens is 498 g/mol. The second-order valence-corrected chi connectivity index (χ2v) is 7.33. The van der Waals surface area contributed by atoms with Gasteiger partial charge in [-0.1, -0.05) is 31.9 Å². The Labute approximate surface area is 175 Å². The first-order valence-corrected chi connectivity index (χ1v) is 9.31. The molecule has 2 N–H and O–H groups in total. The zero-order valence-electron chi connectivity index (χ0n) is 13.9. The van der Waals surface area contributed by atoms with Crippen molar-refractivity contribution in [3.8, 4) is 0 Å². The first-order chi connectivity index (χ1) is 13.3. The molecule has 0 bridgehead atoms. The normalized spacial score (nSPS) is 10.4. The van der Waals surface area contributed by atoms with E-state index in [2.05, 4.69) is 47.5 Å². The highest BCUT2D eigenvalue weighted by Gasteiger charge is 2.26. The first kappa shape index (κ1) is 19.7. The van der Waals surface area contributed by atoms with Crippen LogP contribution < -0.4 is 10.6 Å². The molecule has 142 valence electrons. The SMILES string of the molecule is O=[N+]([O-])c1cc([N+](=O)[O-])c(Nc2ccc(Br)cc2)nc1Nc1ccc(Br)cc1. The molecule has 0 aliphatic rings. The van der Waals surface area contributed by atoms with E-state index in [1.54, 1.807) is 48.5 Å². The Morgan fingerprint density at radius 2 is 1.07 bits per heavy atom. The van der Waals surface area contributed by atoms with Crippen molar-refractivity contribution in [2.45, 2.75) is 0 Å². The predicted molar refractivity (Wildman–Crippen MR) is 112 cm³/mol. The quantitative estimate of drug-likeness (QED) is 0.313. The molecular formula is C17H11Br2N5O4. The lowest BCUT2D eigenvalue weighted by Gasteiger charge is -2.11. The van der Waals surface area contributed by atoms with Gasteiger partial charge in [0.15, 0.2) is 0 Å². The number of benzene rings is 2. The summed E-state index contributed by atoms with van der Waals surface area (Å²) in [6.07, 6.45) is 0. The van der Waals surface area contributed by atoms with Crippen LogP contribution in [-0.2, 0) is 0 Å². The van der Waals surface area contributed by atoms with Crippen LogP contribution in [0.3, 0.4) is 0 Å². The average Bonchev–Trinajstić information content (AvgIpc) is 2.65. The van der Waals surface area contributed by atoms with Gasteiger partial charge < -0.3 is 10.6 Å². The van der Waals surface area contributed by atoms with E-state index in [0.717, 1.165) is 15.0 Å². The van der Waals surface area contributed by atoms with Gasteiger partial charge in [0, 0.05) is 20.3 Å². The van der Waals surface area contributed by atoms with Crippen LogP contribution in [0.1, 0.15) is 0 Å². The van der Waals surface area contributed by atoms with E-state index < -0.39 is 21.2 Å². The minimum atomic E-state index is -0.718. The largest absolute Gasteiger partial charge is 0.334 e. The van der Waals surface area contributed by atoms with E-state index in [9.17, 15) is 20.2 Å². The van der Waals surface area contributed by atoms with Crippen molar-refractivity contribution in [3.05, 3.63) is 83.8 Å². The number of hydrogen-bond acceptors (Lipinski definition) is 7. The van der Waals surface area contributed by atoms with Crippen molar-refractivity contribution in [3.63, 3.8) is 0 Å². The van der Waals surface area contributed by atoms with Crippen LogP contribution in [-0.4, -0.2) is 14.8 Å².